The second kappa shape index (κ2) is 6.57. The van der Waals surface area contributed by atoms with Crippen LogP contribution in [0.25, 0.3) is 0 Å². The molecule has 114 valence electrons. The Balaban J connectivity index is 2.11. The van der Waals surface area contributed by atoms with E-state index < -0.39 is 33.8 Å². The number of carbonyl (C=O) groups is 1. The Morgan fingerprint density at radius 1 is 1.38 bits per heavy atom. The van der Waals surface area contributed by atoms with Gasteiger partial charge in [0.2, 0.25) is 5.82 Å². The van der Waals surface area contributed by atoms with Crippen molar-refractivity contribution in [2.45, 2.75) is 12.8 Å². The van der Waals surface area contributed by atoms with Crippen LogP contribution < -0.4 is 0 Å². The van der Waals surface area contributed by atoms with E-state index in [1.807, 2.05) is 0 Å². The second-order valence-corrected chi connectivity index (χ2v) is 4.67. The summed E-state index contributed by atoms with van der Waals surface area (Å²) in [6, 6.07) is 1.34. The van der Waals surface area contributed by atoms with E-state index in [9.17, 15) is 23.7 Å². The molecule has 21 heavy (non-hydrogen) atoms. The van der Waals surface area contributed by atoms with Gasteiger partial charge in [-0.1, -0.05) is 0 Å². The van der Waals surface area contributed by atoms with E-state index in [0.29, 0.717) is 38.2 Å². The molecule has 0 aromatic heterocycles. The molecule has 0 saturated carbocycles. The first-order chi connectivity index (χ1) is 10.0. The summed E-state index contributed by atoms with van der Waals surface area (Å²) in [5.41, 5.74) is -1.99. The van der Waals surface area contributed by atoms with Crippen LogP contribution in [0.2, 0.25) is 0 Å². The number of halogens is 2. The summed E-state index contributed by atoms with van der Waals surface area (Å²) >= 11 is 0. The number of ether oxygens (including phenoxy) is 2. The summed E-state index contributed by atoms with van der Waals surface area (Å²) in [5.74, 6) is -3.88. The van der Waals surface area contributed by atoms with Crippen LogP contribution in [0.3, 0.4) is 0 Å². The first-order valence-corrected chi connectivity index (χ1v) is 6.38. The van der Waals surface area contributed by atoms with Gasteiger partial charge in [0.1, 0.15) is 11.4 Å². The highest BCUT2D eigenvalue weighted by molar-refractivity contribution is 5.90. The largest absolute Gasteiger partial charge is 0.462 e. The molecule has 1 aromatic rings. The van der Waals surface area contributed by atoms with Crippen LogP contribution in [-0.2, 0) is 9.47 Å². The van der Waals surface area contributed by atoms with Gasteiger partial charge in [0.15, 0.2) is 0 Å². The van der Waals surface area contributed by atoms with Crippen LogP contribution in [0.1, 0.15) is 23.2 Å². The number of esters is 1. The molecule has 1 saturated heterocycles. The number of hydrogen-bond acceptors (Lipinski definition) is 5. The Morgan fingerprint density at radius 2 is 2.05 bits per heavy atom. The zero-order chi connectivity index (χ0) is 15.4. The molecular weight excluding hydrogens is 288 g/mol. The molecule has 0 spiro atoms. The number of rotatable bonds is 4. The number of nitro benzene ring substituents is 1. The number of hydrogen-bond donors (Lipinski definition) is 0. The molecule has 1 heterocycles. The van der Waals surface area contributed by atoms with Gasteiger partial charge in [-0.25, -0.2) is 9.18 Å². The number of benzene rings is 1. The Bertz CT molecular complexity index is 558. The zero-order valence-corrected chi connectivity index (χ0v) is 11.0. The molecule has 8 heteroatoms. The molecular formula is C13H13F2NO5. The van der Waals surface area contributed by atoms with Crippen molar-refractivity contribution in [1.82, 2.24) is 0 Å². The van der Waals surface area contributed by atoms with Crippen molar-refractivity contribution >= 4 is 11.7 Å². The third-order valence-electron chi connectivity index (χ3n) is 3.26. The number of nitro groups is 1. The highest BCUT2D eigenvalue weighted by Crippen LogP contribution is 2.24. The van der Waals surface area contributed by atoms with Crippen LogP contribution in [0.4, 0.5) is 14.5 Å². The minimum Gasteiger partial charge on any atom is -0.462 e. The fourth-order valence-corrected chi connectivity index (χ4v) is 2.05. The smallest absolute Gasteiger partial charge is 0.344 e. The molecule has 0 unspecified atom stereocenters. The molecule has 6 nitrogen and oxygen atoms in total. The average Bonchev–Trinajstić information content (AvgIpc) is 2.46. The Kier molecular flexibility index (Phi) is 4.79. The molecule has 0 amide bonds. The van der Waals surface area contributed by atoms with Crippen LogP contribution in [-0.4, -0.2) is 30.7 Å². The minimum atomic E-state index is -1.52. The van der Waals surface area contributed by atoms with Crippen molar-refractivity contribution in [2.24, 2.45) is 5.92 Å². The highest BCUT2D eigenvalue weighted by atomic mass is 19.1. The van der Waals surface area contributed by atoms with E-state index in [1.165, 1.54) is 0 Å². The lowest BCUT2D eigenvalue weighted by Crippen LogP contribution is -2.22. The van der Waals surface area contributed by atoms with Gasteiger partial charge in [0.05, 0.1) is 11.5 Å². The molecule has 1 aliphatic heterocycles. The lowest BCUT2D eigenvalue weighted by Gasteiger charge is -2.21. The van der Waals surface area contributed by atoms with Crippen molar-refractivity contribution in [3.8, 4) is 0 Å². The molecule has 2 rings (SSSR count). The molecule has 0 atom stereocenters. The third kappa shape index (κ3) is 3.52. The summed E-state index contributed by atoms with van der Waals surface area (Å²) in [5, 5.41) is 10.6. The van der Waals surface area contributed by atoms with Crippen molar-refractivity contribution < 1.29 is 28.0 Å². The topological polar surface area (TPSA) is 78.7 Å². The predicted molar refractivity (Wildman–Crippen MR) is 66.8 cm³/mol. The third-order valence-corrected chi connectivity index (χ3v) is 3.26. The lowest BCUT2D eigenvalue weighted by atomic mass is 10.0. The molecule has 1 fully saturated rings. The molecule has 1 aromatic carbocycles. The standard InChI is InChI=1S/C13H13F2NO5/c14-9-1-2-10(16(18)19)12(15)11(9)13(17)21-7-8-3-5-20-6-4-8/h1-2,8H,3-7H2. The zero-order valence-electron chi connectivity index (χ0n) is 11.0. The summed E-state index contributed by atoms with van der Waals surface area (Å²) in [7, 11) is 0. The highest BCUT2D eigenvalue weighted by Gasteiger charge is 2.28. The van der Waals surface area contributed by atoms with Crippen LogP contribution in [0.15, 0.2) is 12.1 Å². The van der Waals surface area contributed by atoms with Gasteiger partial charge in [-0.3, -0.25) is 10.1 Å². The molecule has 0 bridgehead atoms. The summed E-state index contributed by atoms with van der Waals surface area (Å²) < 4.78 is 37.3. The SMILES string of the molecule is O=C(OCC1CCOCC1)c1c(F)ccc([N+](=O)[O-])c1F. The van der Waals surface area contributed by atoms with Gasteiger partial charge >= 0.3 is 11.7 Å². The van der Waals surface area contributed by atoms with E-state index in [1.54, 1.807) is 0 Å². The van der Waals surface area contributed by atoms with Gasteiger partial charge in [-0.2, -0.15) is 4.39 Å². The maximum atomic E-state index is 13.8. The Hall–Kier alpha value is -2.09. The van der Waals surface area contributed by atoms with Crippen molar-refractivity contribution in [1.29, 1.82) is 0 Å². The average molecular weight is 301 g/mol. The maximum Gasteiger partial charge on any atom is 0.344 e. The van der Waals surface area contributed by atoms with Crippen LogP contribution >= 0.6 is 0 Å². The van der Waals surface area contributed by atoms with Crippen molar-refractivity contribution in [3.05, 3.63) is 39.4 Å². The molecule has 0 N–H and O–H groups in total. The van der Waals surface area contributed by atoms with E-state index in [0.717, 1.165) is 0 Å². The summed E-state index contributed by atoms with van der Waals surface area (Å²) in [4.78, 5) is 21.3. The van der Waals surface area contributed by atoms with Gasteiger partial charge in [0.25, 0.3) is 0 Å². The van der Waals surface area contributed by atoms with Gasteiger partial charge in [0, 0.05) is 19.3 Å². The monoisotopic (exact) mass is 301 g/mol. The maximum absolute atomic E-state index is 13.8. The fourth-order valence-electron chi connectivity index (χ4n) is 2.05. The quantitative estimate of drug-likeness (QED) is 0.485. The van der Waals surface area contributed by atoms with Crippen LogP contribution in [0, 0.1) is 27.7 Å². The number of nitrogens with zero attached hydrogens (tertiary/aromatic N) is 1. The van der Waals surface area contributed by atoms with Gasteiger partial charge < -0.3 is 9.47 Å². The predicted octanol–water partition coefficient (Wildman–Crippen LogP) is 2.46. The van der Waals surface area contributed by atoms with Gasteiger partial charge in [-0.05, 0) is 24.8 Å². The lowest BCUT2D eigenvalue weighted by molar-refractivity contribution is -0.387. The van der Waals surface area contributed by atoms with Gasteiger partial charge in [-0.15, -0.1) is 0 Å². The van der Waals surface area contributed by atoms with E-state index in [2.05, 4.69) is 0 Å². The first-order valence-electron chi connectivity index (χ1n) is 6.38. The normalized spacial score (nSPS) is 15.7. The Morgan fingerprint density at radius 3 is 2.67 bits per heavy atom. The van der Waals surface area contributed by atoms with E-state index >= 15 is 0 Å². The summed E-state index contributed by atoms with van der Waals surface area (Å²) in [6.45, 7) is 1.09. The Labute approximate surface area is 118 Å². The molecule has 0 radical (unpaired) electrons. The number of carbonyl (C=O) groups excluding carboxylic acids is 1. The molecule has 1 aliphatic rings. The van der Waals surface area contributed by atoms with E-state index in [-0.39, 0.29) is 12.5 Å². The van der Waals surface area contributed by atoms with Crippen molar-refractivity contribution in [3.63, 3.8) is 0 Å². The van der Waals surface area contributed by atoms with E-state index in [4.69, 9.17) is 9.47 Å². The fraction of sp³-hybridized carbons (Fsp3) is 0.462. The minimum absolute atomic E-state index is 0.00374. The molecule has 0 aliphatic carbocycles. The van der Waals surface area contributed by atoms with Crippen molar-refractivity contribution in [2.75, 3.05) is 19.8 Å². The summed E-state index contributed by atoms with van der Waals surface area (Å²) in [6.07, 6.45) is 1.38. The second-order valence-electron chi connectivity index (χ2n) is 4.67. The first kappa shape index (κ1) is 15.3. The van der Waals surface area contributed by atoms with Crippen LogP contribution in [0.5, 0.6) is 0 Å².